The van der Waals surface area contributed by atoms with Gasteiger partial charge in [-0.05, 0) is 188 Å². The summed E-state index contributed by atoms with van der Waals surface area (Å²) in [5.41, 5.74) is 21.7. The first-order chi connectivity index (χ1) is 55.8. The molecule has 590 valence electrons. The van der Waals surface area contributed by atoms with E-state index in [4.69, 9.17) is 15.0 Å². The topological polar surface area (TPSA) is 255 Å². The number of nitrogens with zero attached hydrogens (tertiary/aromatic N) is 20. The van der Waals surface area contributed by atoms with Crippen molar-refractivity contribution in [2.45, 2.75) is 139 Å². The van der Waals surface area contributed by atoms with Crippen molar-refractivity contribution in [1.82, 2.24) is 90.0 Å². The van der Waals surface area contributed by atoms with E-state index in [2.05, 4.69) is 177 Å². The average molecular weight is 1540 g/mol. The number of aliphatic imine (C=N–C) groups is 2. The molecule has 2 aliphatic carbocycles. The van der Waals surface area contributed by atoms with E-state index in [-0.39, 0.29) is 17.5 Å². The Morgan fingerprint density at radius 3 is 2.14 bits per heavy atom. The number of aromatic nitrogens is 16. The van der Waals surface area contributed by atoms with Crippen LogP contribution in [0.25, 0.3) is 63.0 Å². The lowest BCUT2D eigenvalue weighted by atomic mass is 9.91. The van der Waals surface area contributed by atoms with E-state index >= 15 is 0 Å². The molecule has 0 radical (unpaired) electrons. The van der Waals surface area contributed by atoms with Gasteiger partial charge in [-0.25, -0.2) is 48.7 Å². The maximum absolute atomic E-state index is 13.4. The maximum Gasteiger partial charge on any atom is 0.264 e. The average Bonchev–Trinajstić information content (AvgIpc) is 1.65. The van der Waals surface area contributed by atoms with Gasteiger partial charge in [-0.3, -0.25) is 24.4 Å². The van der Waals surface area contributed by atoms with Gasteiger partial charge in [-0.15, -0.1) is 5.10 Å². The maximum atomic E-state index is 13.4. The number of anilines is 2. The number of hydrogen-bond donors (Lipinski definition) is 2. The van der Waals surface area contributed by atoms with E-state index in [0.717, 1.165) is 204 Å². The number of carbonyl (C=O) groups is 1. The number of nitrogens with one attached hydrogen (secondary N) is 2. The van der Waals surface area contributed by atoms with E-state index in [1.807, 2.05) is 143 Å². The Balaban J connectivity index is 0.000000126. The fourth-order valence-electron chi connectivity index (χ4n) is 14.8. The van der Waals surface area contributed by atoms with Crippen molar-refractivity contribution in [3.63, 3.8) is 0 Å². The molecule has 2 N–H and O–H groups in total. The third kappa shape index (κ3) is 20.2. The largest absolute Gasteiger partial charge is 0.354 e. The molecule has 0 unspecified atom stereocenters. The molecule has 8 aromatic heterocycles. The van der Waals surface area contributed by atoms with Crippen molar-refractivity contribution in [2.75, 3.05) is 62.7 Å². The first kappa shape index (κ1) is 80.7. The van der Waals surface area contributed by atoms with E-state index < -0.39 is 6.43 Å². The summed E-state index contributed by atoms with van der Waals surface area (Å²) in [4.78, 5) is 67.0. The highest BCUT2D eigenvalue weighted by Gasteiger charge is 2.29. The summed E-state index contributed by atoms with van der Waals surface area (Å²) in [5.74, 6) is 5.82. The predicted molar refractivity (Wildman–Crippen MR) is 453 cm³/mol. The summed E-state index contributed by atoms with van der Waals surface area (Å²) in [7, 11) is 4.12. The number of tetrazole rings is 1. The standard InChI is InChI=1S/C21H22N4O.C20H22N4.C19H20N4.C16H17N5.C14H19F2N5/c1-13-11-22-14(2)19(13)21(26)25-18-10-6-9-17-16(18)12-23-20(24-17)15-7-4-3-5-8-15;1-24(14-16-10-7-13-21-16)20-17-11-5-6-12-18(17)22-19(23-20)15-8-3-2-4-9-15;1-13-5-6-14(2)18(11-13)10-9-17-8-7-15(3)19(12-17)23-16(4)20-21-22-23;1-12-11-14(3-4-15-18-9-10-21(15)2)20-16(19-12)13-5-7-17-8-6-13;1-3-21-9(2)12-10(13(15)16)8-11(18-14(12)19-21)20-6-4-17-5-7-20/h3-5,7-8,12,18H,6,9-11H2,1-2H3,(H,25,26);2-4,7-10H,5-6,11-14H2,1H3;5-12H,1-4H3;5-11H,3-4H2,1-2H3;8,13,17H,3-7H2,1-2H3/b;;10-9+;;/t18-;;;;/m1..../s1. The monoisotopic (exact) mass is 1540 g/mol. The summed E-state index contributed by atoms with van der Waals surface area (Å²) < 4.78 is 32.4. The van der Waals surface area contributed by atoms with Gasteiger partial charge >= 0.3 is 0 Å². The second-order valence-electron chi connectivity index (χ2n) is 29.5. The minimum absolute atomic E-state index is 0.0331. The molecule has 0 saturated carbocycles. The summed E-state index contributed by atoms with van der Waals surface area (Å²) in [6.45, 7) is 23.9. The number of hydrogen-bond acceptors (Lipinski definition) is 19. The Hall–Kier alpha value is -12.4. The van der Waals surface area contributed by atoms with E-state index in [9.17, 15) is 13.6 Å². The smallest absolute Gasteiger partial charge is 0.264 e. The lowest BCUT2D eigenvalue weighted by Gasteiger charge is -2.28. The number of alkyl halides is 2. The third-order valence-corrected chi connectivity index (χ3v) is 21.1. The Kier molecular flexibility index (Phi) is 26.6. The van der Waals surface area contributed by atoms with E-state index in [0.29, 0.717) is 29.9 Å². The van der Waals surface area contributed by atoms with Crippen LogP contribution in [0.4, 0.5) is 20.4 Å². The molecular formula is C90H100F2N22O. The number of rotatable bonds is 17. The van der Waals surface area contributed by atoms with Crippen LogP contribution in [-0.4, -0.2) is 150 Å². The zero-order valence-electron chi connectivity index (χ0n) is 67.5. The molecule has 11 heterocycles. The number of fused-ring (bicyclic) bond motifs is 3. The Bertz CT molecular complexity index is 5550. The van der Waals surface area contributed by atoms with Gasteiger partial charge in [0.25, 0.3) is 12.3 Å². The van der Waals surface area contributed by atoms with Crippen molar-refractivity contribution in [1.29, 1.82) is 0 Å². The number of halogens is 2. The van der Waals surface area contributed by atoms with Crippen LogP contribution in [0.5, 0.6) is 0 Å². The Labute approximate surface area is 671 Å². The molecule has 12 aromatic rings. The SMILES string of the molecule is CC1=NCC(C)=C1C(=O)N[C@@H]1CCCc2nc(-c3ccccc3)ncc21.CCn1nc2nc(N3CCNCC3)cc(C(F)F)c2c1C.CN(CC1=NCC=C1)c1nc(-c2ccccc2)nc2c1CCCC2.Cc1cc(CCc2nccn2C)nc(-c2ccncc2)n1.Cc1ccc(C)c(/C=C/c2ccc(C)c(-n3nnnc3C)c2)c1. The summed E-state index contributed by atoms with van der Waals surface area (Å²) >= 11 is 0. The summed E-state index contributed by atoms with van der Waals surface area (Å²) in [6.07, 6.45) is 24.3. The third-order valence-electron chi connectivity index (χ3n) is 21.1. The van der Waals surface area contributed by atoms with Gasteiger partial charge in [0.1, 0.15) is 17.5 Å². The molecule has 25 heteroatoms. The van der Waals surface area contributed by atoms with Crippen LogP contribution in [0, 0.1) is 41.5 Å². The number of imidazole rings is 1. The molecule has 1 saturated heterocycles. The molecule has 1 amide bonds. The molecule has 4 aromatic carbocycles. The number of benzene rings is 4. The number of amides is 1. The molecular weight excluding hydrogens is 1440 g/mol. The lowest BCUT2D eigenvalue weighted by Crippen LogP contribution is -2.43. The van der Waals surface area contributed by atoms with Gasteiger partial charge in [0.2, 0.25) is 0 Å². The van der Waals surface area contributed by atoms with Crippen LogP contribution in [0.15, 0.2) is 186 Å². The van der Waals surface area contributed by atoms with Gasteiger partial charge in [-0.2, -0.15) is 9.78 Å². The summed E-state index contributed by atoms with van der Waals surface area (Å²) in [6, 6.07) is 40.4. The van der Waals surface area contributed by atoms with E-state index in [1.165, 1.54) is 46.9 Å². The Morgan fingerprint density at radius 2 is 1.44 bits per heavy atom. The van der Waals surface area contributed by atoms with Gasteiger partial charge < -0.3 is 25.0 Å². The van der Waals surface area contributed by atoms with Gasteiger partial charge in [0.15, 0.2) is 28.9 Å². The molecule has 23 nitrogen and oxygen atoms in total. The van der Waals surface area contributed by atoms with Crippen molar-refractivity contribution < 1.29 is 13.6 Å². The second-order valence-corrected chi connectivity index (χ2v) is 29.5. The van der Waals surface area contributed by atoms with E-state index in [1.54, 1.807) is 21.8 Å². The van der Waals surface area contributed by atoms with Crippen molar-refractivity contribution in [3.05, 3.63) is 260 Å². The van der Waals surface area contributed by atoms with Crippen LogP contribution >= 0.6 is 0 Å². The molecule has 5 aliphatic rings. The second kappa shape index (κ2) is 38.0. The van der Waals surface area contributed by atoms with Crippen LogP contribution in [0.3, 0.4) is 0 Å². The van der Waals surface area contributed by atoms with Crippen LogP contribution < -0.4 is 20.4 Å². The lowest BCUT2D eigenvalue weighted by molar-refractivity contribution is -0.117. The first-order valence-electron chi connectivity index (χ1n) is 39.6. The Morgan fingerprint density at radius 1 is 0.722 bits per heavy atom. The predicted octanol–water partition coefficient (Wildman–Crippen LogP) is 15.4. The zero-order chi connectivity index (χ0) is 80.5. The van der Waals surface area contributed by atoms with Crippen molar-refractivity contribution >= 4 is 52.2 Å². The molecule has 0 bridgehead atoms. The highest BCUT2D eigenvalue weighted by Crippen LogP contribution is 2.35. The highest BCUT2D eigenvalue weighted by molar-refractivity contribution is 6.22. The summed E-state index contributed by atoms with van der Waals surface area (Å²) in [5, 5.41) is 23.0. The normalized spacial score (nSPS) is 14.8. The molecule has 3 aliphatic heterocycles. The molecule has 1 atom stereocenters. The minimum Gasteiger partial charge on any atom is -0.354 e. The molecule has 1 fully saturated rings. The molecule has 115 heavy (non-hydrogen) atoms. The minimum atomic E-state index is -2.52. The number of piperazine rings is 1. The first-order valence-corrected chi connectivity index (χ1v) is 39.6. The fraction of sp³-hybridized carbons (Fsp3) is 0.333. The molecule has 0 spiro atoms. The van der Waals surface area contributed by atoms with Gasteiger partial charge in [0, 0.05) is 152 Å². The number of aryl methyl sites for hydroxylation is 12. The van der Waals surface area contributed by atoms with Crippen molar-refractivity contribution in [2.24, 2.45) is 17.0 Å². The molecule has 17 rings (SSSR count). The number of pyridine rings is 2. The van der Waals surface area contributed by atoms with Crippen molar-refractivity contribution in [3.8, 4) is 39.9 Å². The fourth-order valence-corrected chi connectivity index (χ4v) is 14.8. The van der Waals surface area contributed by atoms with Gasteiger partial charge in [0.05, 0.1) is 48.0 Å². The quantitative estimate of drug-likeness (QED) is 0.0803. The van der Waals surface area contributed by atoms with Crippen LogP contribution in [0.2, 0.25) is 0 Å². The zero-order valence-corrected chi connectivity index (χ0v) is 67.5. The van der Waals surface area contributed by atoms with Crippen LogP contribution in [0.1, 0.15) is 144 Å². The highest BCUT2D eigenvalue weighted by atomic mass is 19.3. The van der Waals surface area contributed by atoms with Crippen LogP contribution in [-0.2, 0) is 50.5 Å². The number of carbonyl (C=O) groups excluding carboxylic acids is 1. The van der Waals surface area contributed by atoms with Gasteiger partial charge in [-0.1, -0.05) is 115 Å².